The number of hydrogen-bond acceptors (Lipinski definition) is 3. The van der Waals surface area contributed by atoms with E-state index in [1.807, 2.05) is 6.08 Å². The van der Waals surface area contributed by atoms with Gasteiger partial charge in [0.2, 0.25) is 5.91 Å². The smallest absolute Gasteiger partial charge is 0.220 e. The van der Waals surface area contributed by atoms with Gasteiger partial charge in [0.25, 0.3) is 0 Å². The molecule has 4 nitrogen and oxygen atoms in total. The molecule has 0 aliphatic carbocycles. The minimum atomic E-state index is -0.839. The van der Waals surface area contributed by atoms with E-state index in [0.717, 1.165) is 32.1 Å². The van der Waals surface area contributed by atoms with E-state index in [-0.39, 0.29) is 12.5 Å². The number of aliphatic hydroxyl groups excluding tert-OH is 2. The Kier molecular flexibility index (Phi) is 68.6. The summed E-state index contributed by atoms with van der Waals surface area (Å²) >= 11 is 0. The van der Waals surface area contributed by atoms with Gasteiger partial charge in [0, 0.05) is 6.42 Å². The van der Waals surface area contributed by atoms with Crippen LogP contribution in [0.15, 0.2) is 36.5 Å². The number of carbonyl (C=O) groups excluding carboxylic acids is 1. The largest absolute Gasteiger partial charge is 0.394 e. The Morgan fingerprint density at radius 1 is 0.308 bits per heavy atom. The molecule has 4 heteroatoms. The van der Waals surface area contributed by atoms with Gasteiger partial charge < -0.3 is 15.5 Å². The van der Waals surface area contributed by atoms with Crippen LogP contribution in [0.2, 0.25) is 0 Å². The second kappa shape index (κ2) is 69.9. The highest BCUT2D eigenvalue weighted by Gasteiger charge is 2.18. The second-order valence-electron chi connectivity index (χ2n) is 25.0. The summed E-state index contributed by atoms with van der Waals surface area (Å²) in [7, 11) is 0. The van der Waals surface area contributed by atoms with Crippen molar-refractivity contribution in [2.45, 2.75) is 424 Å². The molecule has 0 aliphatic rings. The molecule has 0 rings (SSSR count). The molecule has 0 aliphatic heterocycles. The SMILES string of the molecule is CCCCCCC/C=C\C/C=C\CCCCCCCCCCCCCCCCCCCCCCCCCC(=O)NC(CO)C(O)/C=C/CCCCCCCCCCCCCCCCCCCCCCCCCCCCCCC. The number of unbranched alkanes of at least 4 members (excludes halogenated alkanes) is 57. The monoisotopic (exact) mass is 1090 g/mol. The van der Waals surface area contributed by atoms with Crippen LogP contribution in [0.1, 0.15) is 412 Å². The third-order valence-corrected chi connectivity index (χ3v) is 17.1. The summed E-state index contributed by atoms with van der Waals surface area (Å²) in [5.74, 6) is -0.0548. The van der Waals surface area contributed by atoms with Gasteiger partial charge in [-0.3, -0.25) is 4.79 Å². The standard InChI is InChI=1S/C74H143NO3/c1-3-5-7-9-11-13-15-17-19-21-23-25-27-29-31-33-35-36-37-38-40-42-44-46-48-50-52-54-56-58-60-62-64-66-68-70-74(78)75-72(71-76)73(77)69-67-65-63-61-59-57-55-53-51-49-47-45-43-41-39-34-32-30-28-26-24-22-20-18-16-14-12-10-8-6-4-2/h15,17,21,23,67,69,72-73,76-77H,3-14,16,18-20,22,24-66,68,70-71H2,1-2H3,(H,75,78)/b17-15-,23-21-,69-67+. The zero-order valence-electron chi connectivity index (χ0n) is 53.5. The van der Waals surface area contributed by atoms with Crippen LogP contribution in [0.5, 0.6) is 0 Å². The van der Waals surface area contributed by atoms with Crippen LogP contribution in [0.3, 0.4) is 0 Å². The minimum Gasteiger partial charge on any atom is -0.394 e. The molecule has 0 radical (unpaired) electrons. The maximum absolute atomic E-state index is 12.6. The summed E-state index contributed by atoms with van der Waals surface area (Å²) in [4.78, 5) is 12.6. The van der Waals surface area contributed by atoms with Crippen LogP contribution < -0.4 is 5.32 Å². The minimum absolute atomic E-state index is 0.0548. The normalized spacial score (nSPS) is 12.8. The number of aliphatic hydroxyl groups is 2. The fourth-order valence-electron chi connectivity index (χ4n) is 11.6. The van der Waals surface area contributed by atoms with E-state index in [9.17, 15) is 15.0 Å². The Bertz CT molecular complexity index is 1190. The fourth-order valence-corrected chi connectivity index (χ4v) is 11.6. The predicted molar refractivity (Wildman–Crippen MR) is 350 cm³/mol. The maximum Gasteiger partial charge on any atom is 0.220 e. The molecule has 1 amide bonds. The van der Waals surface area contributed by atoms with Gasteiger partial charge in [-0.05, 0) is 51.4 Å². The molecule has 0 fully saturated rings. The van der Waals surface area contributed by atoms with Crippen molar-refractivity contribution in [2.75, 3.05) is 6.61 Å². The number of allylic oxidation sites excluding steroid dienone is 5. The molecule has 0 aromatic rings. The van der Waals surface area contributed by atoms with Crippen molar-refractivity contribution in [3.8, 4) is 0 Å². The average molecular weight is 1090 g/mol. The fraction of sp³-hybridized carbons (Fsp3) is 0.905. The van der Waals surface area contributed by atoms with Gasteiger partial charge in [0.15, 0.2) is 0 Å². The number of amides is 1. The number of hydrogen-bond donors (Lipinski definition) is 3. The van der Waals surface area contributed by atoms with Crippen molar-refractivity contribution in [2.24, 2.45) is 0 Å². The topological polar surface area (TPSA) is 69.6 Å². The van der Waals surface area contributed by atoms with Crippen LogP contribution in [-0.4, -0.2) is 34.9 Å². The van der Waals surface area contributed by atoms with Crippen molar-refractivity contribution < 1.29 is 15.0 Å². The lowest BCUT2D eigenvalue weighted by atomic mass is 10.0. The van der Waals surface area contributed by atoms with Gasteiger partial charge in [-0.15, -0.1) is 0 Å². The van der Waals surface area contributed by atoms with Gasteiger partial charge in [0.05, 0.1) is 18.8 Å². The van der Waals surface area contributed by atoms with Gasteiger partial charge in [-0.1, -0.05) is 391 Å². The lowest BCUT2D eigenvalue weighted by molar-refractivity contribution is -0.123. The molecule has 0 heterocycles. The molecule has 2 atom stereocenters. The van der Waals surface area contributed by atoms with Crippen LogP contribution in [0.4, 0.5) is 0 Å². The predicted octanol–water partition coefficient (Wildman–Crippen LogP) is 24.7. The van der Waals surface area contributed by atoms with Gasteiger partial charge in [-0.2, -0.15) is 0 Å². The lowest BCUT2D eigenvalue weighted by Crippen LogP contribution is -2.45. The molecule has 0 saturated heterocycles. The Morgan fingerprint density at radius 2 is 0.526 bits per heavy atom. The molecule has 3 N–H and O–H groups in total. The summed E-state index contributed by atoms with van der Waals surface area (Å²) in [6.45, 7) is 4.35. The third kappa shape index (κ3) is 65.4. The molecule has 462 valence electrons. The molecule has 2 unspecified atom stereocenters. The van der Waals surface area contributed by atoms with Crippen LogP contribution >= 0.6 is 0 Å². The first-order valence-electron chi connectivity index (χ1n) is 36.2. The molecular formula is C74H143NO3. The molecule has 0 bridgehead atoms. The van der Waals surface area contributed by atoms with Crippen LogP contribution in [0, 0.1) is 0 Å². The third-order valence-electron chi connectivity index (χ3n) is 17.1. The highest BCUT2D eigenvalue weighted by atomic mass is 16.3. The Balaban J connectivity index is 3.40. The van der Waals surface area contributed by atoms with Gasteiger partial charge >= 0.3 is 0 Å². The Morgan fingerprint density at radius 3 is 0.769 bits per heavy atom. The highest BCUT2D eigenvalue weighted by molar-refractivity contribution is 5.76. The highest BCUT2D eigenvalue weighted by Crippen LogP contribution is 2.19. The van der Waals surface area contributed by atoms with Crippen molar-refractivity contribution in [3.05, 3.63) is 36.5 Å². The lowest BCUT2D eigenvalue weighted by Gasteiger charge is -2.20. The van der Waals surface area contributed by atoms with Crippen molar-refractivity contribution in [1.82, 2.24) is 5.32 Å². The molecule has 0 aromatic carbocycles. The van der Waals surface area contributed by atoms with Crippen LogP contribution in [0.25, 0.3) is 0 Å². The number of carbonyl (C=O) groups is 1. The van der Waals surface area contributed by atoms with E-state index in [1.54, 1.807) is 6.08 Å². The van der Waals surface area contributed by atoms with E-state index in [4.69, 9.17) is 0 Å². The maximum atomic E-state index is 12.6. The van der Waals surface area contributed by atoms with Gasteiger partial charge in [-0.25, -0.2) is 0 Å². The van der Waals surface area contributed by atoms with Crippen molar-refractivity contribution >= 4 is 5.91 Å². The van der Waals surface area contributed by atoms with Crippen molar-refractivity contribution in [3.63, 3.8) is 0 Å². The summed E-state index contributed by atoms with van der Waals surface area (Å²) in [5.41, 5.74) is 0. The molecule has 78 heavy (non-hydrogen) atoms. The zero-order valence-corrected chi connectivity index (χ0v) is 53.5. The molecule has 0 aromatic heterocycles. The van der Waals surface area contributed by atoms with Crippen molar-refractivity contribution in [1.29, 1.82) is 0 Å². The summed E-state index contributed by atoms with van der Waals surface area (Å²) in [6, 6.07) is -0.622. The average Bonchev–Trinajstić information content (AvgIpc) is 3.44. The van der Waals surface area contributed by atoms with E-state index < -0.39 is 12.1 Å². The van der Waals surface area contributed by atoms with E-state index in [2.05, 4.69) is 43.5 Å². The molecule has 0 saturated carbocycles. The Labute approximate surface area is 491 Å². The first-order chi connectivity index (χ1) is 38.7. The first-order valence-corrected chi connectivity index (χ1v) is 36.2. The zero-order chi connectivity index (χ0) is 56.2. The van der Waals surface area contributed by atoms with E-state index >= 15 is 0 Å². The summed E-state index contributed by atoms with van der Waals surface area (Å²) in [5, 5.41) is 23.3. The molecule has 0 spiro atoms. The summed E-state index contributed by atoms with van der Waals surface area (Å²) < 4.78 is 0. The van der Waals surface area contributed by atoms with E-state index in [0.29, 0.717) is 6.42 Å². The van der Waals surface area contributed by atoms with E-state index in [1.165, 1.54) is 360 Å². The Hall–Kier alpha value is -1.39. The van der Waals surface area contributed by atoms with Crippen LogP contribution in [-0.2, 0) is 4.79 Å². The molecular weight excluding hydrogens is 951 g/mol. The quantitative estimate of drug-likeness (QED) is 0.0420. The summed E-state index contributed by atoms with van der Waals surface area (Å²) in [6.07, 6.45) is 96.8. The second-order valence-corrected chi connectivity index (χ2v) is 25.0. The first kappa shape index (κ1) is 76.6. The number of rotatable bonds is 68. The van der Waals surface area contributed by atoms with Gasteiger partial charge in [0.1, 0.15) is 0 Å². The number of nitrogens with one attached hydrogen (secondary N) is 1.